The second kappa shape index (κ2) is 13.4. The van der Waals surface area contributed by atoms with Gasteiger partial charge in [0.05, 0.1) is 18.8 Å². The Morgan fingerprint density at radius 3 is 2.54 bits per heavy atom. The molecular weight excluding hydrogens is 447 g/mol. The van der Waals surface area contributed by atoms with Crippen molar-refractivity contribution < 1.29 is 28.4 Å². The van der Waals surface area contributed by atoms with Crippen LogP contribution in [0.1, 0.15) is 78.1 Å². The predicted molar refractivity (Wildman–Crippen MR) is 133 cm³/mol. The molecule has 196 valence electrons. The van der Waals surface area contributed by atoms with E-state index in [-0.39, 0.29) is 42.5 Å². The molecule has 2 aliphatic carbocycles. The minimum atomic E-state index is -0.502. The molecule has 0 bridgehead atoms. The summed E-state index contributed by atoms with van der Waals surface area (Å²) in [5, 5.41) is 9.33. The fraction of sp³-hybridized carbons (Fsp3) is 0.793. The maximum absolute atomic E-state index is 14.3. The standard InChI is InChI=1S/C29H43FO5/c1-3-4-9-20(2)26(34-28-10-5-7-14-32-28)13-12-23-24-17-22(25(30)19-31)16-21(24)18-27(23)35-29-11-6-8-15-33-29/h12-13,20-21,23-24,26-29,31H,5-11,14-19H2,1-2H3/b13-12+,25-22+/t20?,21-,23+,24-,26+,27+,28?,29?/m0/s1. The highest BCUT2D eigenvalue weighted by molar-refractivity contribution is 5.21. The van der Waals surface area contributed by atoms with E-state index in [0.29, 0.717) is 24.7 Å². The zero-order chi connectivity index (χ0) is 24.6. The monoisotopic (exact) mass is 490 g/mol. The van der Waals surface area contributed by atoms with Crippen molar-refractivity contribution in [3.63, 3.8) is 0 Å². The fourth-order valence-corrected chi connectivity index (χ4v) is 6.18. The first-order valence-corrected chi connectivity index (χ1v) is 13.7. The fourth-order valence-electron chi connectivity index (χ4n) is 6.18. The van der Waals surface area contributed by atoms with Crippen LogP contribution in [0, 0.1) is 35.5 Å². The first kappa shape index (κ1) is 26.8. The number of aliphatic hydroxyl groups excluding tert-OH is 1. The third-order valence-electron chi connectivity index (χ3n) is 8.17. The number of rotatable bonds is 9. The molecule has 35 heavy (non-hydrogen) atoms. The molecule has 5 nitrogen and oxygen atoms in total. The maximum atomic E-state index is 14.3. The lowest BCUT2D eigenvalue weighted by molar-refractivity contribution is -0.193. The van der Waals surface area contributed by atoms with E-state index in [0.717, 1.165) is 70.2 Å². The lowest BCUT2D eigenvalue weighted by Crippen LogP contribution is -2.32. The van der Waals surface area contributed by atoms with E-state index >= 15 is 0 Å². The third kappa shape index (κ3) is 7.17. The van der Waals surface area contributed by atoms with Crippen molar-refractivity contribution in [1.29, 1.82) is 0 Å². The van der Waals surface area contributed by atoms with Crippen molar-refractivity contribution in [2.45, 2.75) is 103 Å². The molecule has 8 atom stereocenters. The van der Waals surface area contributed by atoms with Gasteiger partial charge in [0.1, 0.15) is 5.83 Å². The molecule has 4 rings (SSSR count). The van der Waals surface area contributed by atoms with Gasteiger partial charge in [-0.3, -0.25) is 0 Å². The van der Waals surface area contributed by atoms with E-state index in [9.17, 15) is 9.50 Å². The van der Waals surface area contributed by atoms with Crippen molar-refractivity contribution in [3.05, 3.63) is 23.6 Å². The second-order valence-corrected chi connectivity index (χ2v) is 10.7. The van der Waals surface area contributed by atoms with Crippen LogP contribution in [0.4, 0.5) is 4.39 Å². The van der Waals surface area contributed by atoms with Gasteiger partial charge in [-0.15, -0.1) is 11.8 Å². The largest absolute Gasteiger partial charge is 0.389 e. The van der Waals surface area contributed by atoms with Crippen LogP contribution >= 0.6 is 0 Å². The Bertz CT molecular complexity index is 787. The summed E-state index contributed by atoms with van der Waals surface area (Å²) in [4.78, 5) is 0. The SMILES string of the molecule is CC#CCC(C)[C@@H](/C=C/[C@@H]1[C@H]2C/C(=C(/F)CO)C[C@H]2C[C@H]1OC1CCCCO1)OC1CCCCO1. The first-order valence-electron chi connectivity index (χ1n) is 13.7. The molecule has 0 spiro atoms. The Morgan fingerprint density at radius 1 is 1.14 bits per heavy atom. The van der Waals surface area contributed by atoms with E-state index in [1.807, 2.05) is 6.92 Å². The van der Waals surface area contributed by atoms with Crippen molar-refractivity contribution in [1.82, 2.24) is 0 Å². The average molecular weight is 491 g/mol. The molecule has 2 saturated heterocycles. The Hall–Kier alpha value is -1.23. The van der Waals surface area contributed by atoms with E-state index in [4.69, 9.17) is 18.9 Å². The molecule has 0 aromatic heterocycles. The van der Waals surface area contributed by atoms with Gasteiger partial charge in [-0.25, -0.2) is 4.39 Å². The highest BCUT2D eigenvalue weighted by Crippen LogP contribution is 2.52. The normalized spacial score (nSPS) is 36.5. The molecule has 1 N–H and O–H groups in total. The van der Waals surface area contributed by atoms with Crippen LogP contribution in [0.25, 0.3) is 0 Å². The van der Waals surface area contributed by atoms with Gasteiger partial charge in [-0.05, 0) is 88.0 Å². The molecule has 4 aliphatic rings. The molecular formula is C29H43FO5. The maximum Gasteiger partial charge on any atom is 0.158 e. The Kier molecular flexibility index (Phi) is 10.2. The average Bonchev–Trinajstić information content (AvgIpc) is 3.44. The minimum Gasteiger partial charge on any atom is -0.389 e. The van der Waals surface area contributed by atoms with Gasteiger partial charge in [0.15, 0.2) is 12.6 Å². The van der Waals surface area contributed by atoms with Crippen LogP contribution in [0.15, 0.2) is 23.6 Å². The number of ether oxygens (including phenoxy) is 4. The summed E-state index contributed by atoms with van der Waals surface area (Å²) < 4.78 is 39.0. The Balaban J connectivity index is 1.51. The lowest BCUT2D eigenvalue weighted by atomic mass is 9.89. The van der Waals surface area contributed by atoms with Crippen LogP contribution in [-0.2, 0) is 18.9 Å². The summed E-state index contributed by atoms with van der Waals surface area (Å²) in [6.45, 7) is 5.05. The Labute approximate surface area is 210 Å². The summed E-state index contributed by atoms with van der Waals surface area (Å²) in [5.41, 5.74) is 0.781. The third-order valence-corrected chi connectivity index (χ3v) is 8.17. The van der Waals surface area contributed by atoms with Crippen molar-refractivity contribution in [2.75, 3.05) is 19.8 Å². The zero-order valence-electron chi connectivity index (χ0n) is 21.4. The summed E-state index contributed by atoms with van der Waals surface area (Å²) in [5.74, 6) is 6.93. The van der Waals surface area contributed by atoms with E-state index < -0.39 is 6.61 Å². The lowest BCUT2D eigenvalue weighted by Gasteiger charge is -2.31. The van der Waals surface area contributed by atoms with Gasteiger partial charge in [-0.1, -0.05) is 19.1 Å². The van der Waals surface area contributed by atoms with Crippen LogP contribution in [0.2, 0.25) is 0 Å². The van der Waals surface area contributed by atoms with E-state index in [1.165, 1.54) is 0 Å². The van der Waals surface area contributed by atoms with E-state index in [2.05, 4.69) is 30.9 Å². The molecule has 0 amide bonds. The first-order chi connectivity index (χ1) is 17.1. The number of hydrogen-bond donors (Lipinski definition) is 1. The minimum absolute atomic E-state index is 0.0559. The van der Waals surface area contributed by atoms with Crippen molar-refractivity contribution >= 4 is 0 Å². The summed E-state index contributed by atoms with van der Waals surface area (Å²) in [6.07, 6.45) is 13.4. The van der Waals surface area contributed by atoms with Gasteiger partial charge < -0.3 is 24.1 Å². The van der Waals surface area contributed by atoms with Crippen LogP contribution < -0.4 is 0 Å². The van der Waals surface area contributed by atoms with Gasteiger partial charge >= 0.3 is 0 Å². The highest BCUT2D eigenvalue weighted by atomic mass is 19.1. The van der Waals surface area contributed by atoms with E-state index in [1.54, 1.807) is 0 Å². The van der Waals surface area contributed by atoms with Crippen LogP contribution in [0.3, 0.4) is 0 Å². The molecule has 0 aromatic rings. The van der Waals surface area contributed by atoms with Crippen LogP contribution in [0.5, 0.6) is 0 Å². The molecule has 2 saturated carbocycles. The van der Waals surface area contributed by atoms with Gasteiger partial charge in [-0.2, -0.15) is 0 Å². The van der Waals surface area contributed by atoms with Crippen LogP contribution in [-0.4, -0.2) is 49.7 Å². The molecule has 2 aliphatic heterocycles. The Morgan fingerprint density at radius 2 is 1.89 bits per heavy atom. The number of fused-ring (bicyclic) bond motifs is 1. The number of aliphatic hydroxyl groups is 1. The number of halogens is 1. The summed E-state index contributed by atoms with van der Waals surface area (Å²) >= 11 is 0. The molecule has 6 heteroatoms. The molecule has 0 radical (unpaired) electrons. The smallest absolute Gasteiger partial charge is 0.158 e. The number of hydrogen-bond acceptors (Lipinski definition) is 5. The molecule has 0 aromatic carbocycles. The summed E-state index contributed by atoms with van der Waals surface area (Å²) in [7, 11) is 0. The summed E-state index contributed by atoms with van der Waals surface area (Å²) in [6, 6.07) is 0. The zero-order valence-corrected chi connectivity index (χ0v) is 21.4. The van der Waals surface area contributed by atoms with Gasteiger partial charge in [0, 0.05) is 25.6 Å². The van der Waals surface area contributed by atoms with Gasteiger partial charge in [0.2, 0.25) is 0 Å². The molecule has 3 unspecified atom stereocenters. The second-order valence-electron chi connectivity index (χ2n) is 10.7. The van der Waals surface area contributed by atoms with Gasteiger partial charge in [0.25, 0.3) is 0 Å². The molecule has 2 heterocycles. The highest BCUT2D eigenvalue weighted by Gasteiger charge is 2.48. The van der Waals surface area contributed by atoms with Crippen molar-refractivity contribution in [3.8, 4) is 11.8 Å². The molecule has 4 fully saturated rings. The predicted octanol–water partition coefficient (Wildman–Crippen LogP) is 5.68. The topological polar surface area (TPSA) is 57.2 Å². The number of allylic oxidation sites excluding steroid dienone is 1. The van der Waals surface area contributed by atoms with Crippen molar-refractivity contribution in [2.24, 2.45) is 23.7 Å². The quantitative estimate of drug-likeness (QED) is 0.333.